The molecule has 0 radical (unpaired) electrons. The highest BCUT2D eigenvalue weighted by Gasteiger charge is 2.34. The molecule has 0 spiro atoms. The first-order valence-electron chi connectivity index (χ1n) is 12.8. The number of nitrogens with one attached hydrogen (secondary N) is 1. The molecular weight excluding hydrogens is 505 g/mol. The third kappa shape index (κ3) is 6.21. The third-order valence-electron chi connectivity index (χ3n) is 7.11. The number of benzene rings is 1. The number of fused-ring (bicyclic) bond motifs is 1. The maximum Gasteiger partial charge on any atom is 0.416 e. The summed E-state index contributed by atoms with van der Waals surface area (Å²) in [5.74, 6) is 5.27. The molecule has 1 atom stereocenters. The molecular formula is C29H29F3N6O. The lowest BCUT2D eigenvalue weighted by Gasteiger charge is -2.33. The maximum absolute atomic E-state index is 13.9. The number of carbonyl (C=O) groups is 1. The fraction of sp³-hybridized carbons (Fsp3) is 0.345. The Hall–Kier alpha value is -3.94. The lowest BCUT2D eigenvalue weighted by Crippen LogP contribution is -2.44. The number of piperazine rings is 1. The quantitative estimate of drug-likeness (QED) is 0.504. The summed E-state index contributed by atoms with van der Waals surface area (Å²) in [7, 11) is 2.00. The van der Waals surface area contributed by atoms with E-state index in [9.17, 15) is 18.0 Å². The van der Waals surface area contributed by atoms with Gasteiger partial charge in [0, 0.05) is 50.2 Å². The van der Waals surface area contributed by atoms with Gasteiger partial charge in [-0.3, -0.25) is 9.69 Å². The van der Waals surface area contributed by atoms with Crippen molar-refractivity contribution in [3.05, 3.63) is 82.8 Å². The van der Waals surface area contributed by atoms with Crippen LogP contribution in [0.15, 0.2) is 66.0 Å². The van der Waals surface area contributed by atoms with Gasteiger partial charge < -0.3 is 10.2 Å². The molecule has 0 bridgehead atoms. The number of hydrogen-bond acceptors (Lipinski definition) is 5. The summed E-state index contributed by atoms with van der Waals surface area (Å²) in [6, 6.07) is 7.67. The first kappa shape index (κ1) is 26.7. The number of allylic oxidation sites excluding steroid dienone is 3. The van der Waals surface area contributed by atoms with Crippen molar-refractivity contribution in [1.82, 2.24) is 24.4 Å². The molecule has 7 nitrogen and oxygen atoms in total. The van der Waals surface area contributed by atoms with E-state index in [0.717, 1.165) is 30.3 Å². The first-order valence-corrected chi connectivity index (χ1v) is 12.8. The molecule has 1 amide bonds. The van der Waals surface area contributed by atoms with Gasteiger partial charge in [0.25, 0.3) is 0 Å². The lowest BCUT2D eigenvalue weighted by atomic mass is 9.89. The van der Waals surface area contributed by atoms with E-state index in [0.29, 0.717) is 30.9 Å². The third-order valence-corrected chi connectivity index (χ3v) is 7.11. The second-order valence-corrected chi connectivity index (χ2v) is 9.96. The zero-order chi connectivity index (χ0) is 27.6. The molecule has 1 N–H and O–H groups in total. The van der Waals surface area contributed by atoms with Crippen molar-refractivity contribution >= 4 is 17.2 Å². The number of imidazole rings is 1. The minimum Gasteiger partial charge on any atom is -0.326 e. The predicted molar refractivity (Wildman–Crippen MR) is 143 cm³/mol. The molecule has 1 aliphatic heterocycles. The largest absolute Gasteiger partial charge is 0.416 e. The van der Waals surface area contributed by atoms with Crippen LogP contribution in [0.2, 0.25) is 0 Å². The highest BCUT2D eigenvalue weighted by Crippen LogP contribution is 2.35. The van der Waals surface area contributed by atoms with Gasteiger partial charge in [-0.25, -0.2) is 9.50 Å². The fourth-order valence-corrected chi connectivity index (χ4v) is 4.73. The first-order chi connectivity index (χ1) is 18.7. The Bertz CT molecular complexity index is 1500. The average molecular weight is 535 g/mol. The number of likely N-dealkylation sites (N-methyl/N-ethyl adjacent to an activating group) is 1. The van der Waals surface area contributed by atoms with Crippen LogP contribution < -0.4 is 5.32 Å². The van der Waals surface area contributed by atoms with Crippen LogP contribution in [0.3, 0.4) is 0 Å². The van der Waals surface area contributed by atoms with E-state index in [1.807, 2.05) is 31.0 Å². The van der Waals surface area contributed by atoms with Gasteiger partial charge in [0.1, 0.15) is 5.69 Å². The van der Waals surface area contributed by atoms with Crippen LogP contribution in [0.4, 0.5) is 18.9 Å². The monoisotopic (exact) mass is 534 g/mol. The summed E-state index contributed by atoms with van der Waals surface area (Å²) in [6.45, 7) is 5.20. The summed E-state index contributed by atoms with van der Waals surface area (Å²) in [6.07, 6.45) is 2.70. The normalized spacial score (nSPS) is 18.7. The van der Waals surface area contributed by atoms with Crippen LogP contribution in [0, 0.1) is 17.8 Å². The second-order valence-electron chi connectivity index (χ2n) is 9.96. The number of alkyl halides is 3. The number of nitrogens with zero attached hydrogens (tertiary/aromatic N) is 5. The Morgan fingerprint density at radius 2 is 1.95 bits per heavy atom. The minimum atomic E-state index is -4.53. The zero-order valence-electron chi connectivity index (χ0n) is 21.8. The summed E-state index contributed by atoms with van der Waals surface area (Å²) in [4.78, 5) is 21.5. The molecule has 202 valence electrons. The highest BCUT2D eigenvalue weighted by atomic mass is 19.4. The van der Waals surface area contributed by atoms with Crippen LogP contribution in [0.25, 0.3) is 5.65 Å². The molecule has 2 aromatic heterocycles. The predicted octanol–water partition coefficient (Wildman–Crippen LogP) is 4.38. The van der Waals surface area contributed by atoms with Crippen molar-refractivity contribution in [2.45, 2.75) is 26.1 Å². The number of amides is 1. The van der Waals surface area contributed by atoms with Crippen molar-refractivity contribution in [3.63, 3.8) is 0 Å². The van der Waals surface area contributed by atoms with Crippen LogP contribution in [0.1, 0.15) is 30.2 Å². The summed E-state index contributed by atoms with van der Waals surface area (Å²) in [5, 5.41) is 6.94. The van der Waals surface area contributed by atoms with Gasteiger partial charge >= 0.3 is 6.18 Å². The van der Waals surface area contributed by atoms with Gasteiger partial charge in [-0.15, -0.1) is 0 Å². The Morgan fingerprint density at radius 3 is 2.72 bits per heavy atom. The molecule has 1 saturated heterocycles. The van der Waals surface area contributed by atoms with E-state index in [1.165, 1.54) is 6.07 Å². The number of anilines is 1. The topological polar surface area (TPSA) is 65.8 Å². The summed E-state index contributed by atoms with van der Waals surface area (Å²) in [5.41, 5.74) is 2.63. The zero-order valence-corrected chi connectivity index (χ0v) is 21.8. The number of aromatic nitrogens is 3. The minimum absolute atomic E-state index is 0.124. The van der Waals surface area contributed by atoms with Crippen LogP contribution >= 0.6 is 0 Å². The van der Waals surface area contributed by atoms with E-state index < -0.39 is 17.7 Å². The standard InChI is InChI=1S/C29H29F3N6O/c1-20-5-6-22(16-21(20)8-10-25-18-33-27-4-3-11-34-38(25)27)28(39)35-24-9-7-23(26(17-24)29(30,31)32)19-37-14-12-36(2)13-15-37/h3-7,9,11,17-18,22H,12-16,19H2,1-2H3,(H,35,39). The molecule has 1 fully saturated rings. The molecule has 5 rings (SSSR count). The molecule has 3 aromatic rings. The van der Waals surface area contributed by atoms with E-state index in [1.54, 1.807) is 35.1 Å². The number of hydrogen-bond donors (Lipinski definition) is 1. The van der Waals surface area contributed by atoms with E-state index >= 15 is 0 Å². The number of halogens is 3. The van der Waals surface area contributed by atoms with Crippen molar-refractivity contribution in [3.8, 4) is 11.8 Å². The molecule has 3 heterocycles. The molecule has 39 heavy (non-hydrogen) atoms. The number of carbonyl (C=O) groups excluding carboxylic acids is 1. The van der Waals surface area contributed by atoms with Gasteiger partial charge in [-0.2, -0.15) is 18.3 Å². The molecule has 2 aliphatic rings. The van der Waals surface area contributed by atoms with E-state index in [2.05, 4.69) is 32.1 Å². The van der Waals surface area contributed by atoms with E-state index in [4.69, 9.17) is 0 Å². The van der Waals surface area contributed by atoms with Gasteiger partial charge in [0.2, 0.25) is 5.91 Å². The molecule has 10 heteroatoms. The van der Waals surface area contributed by atoms with Crippen molar-refractivity contribution < 1.29 is 18.0 Å². The molecule has 1 aromatic carbocycles. The molecule has 1 unspecified atom stereocenters. The van der Waals surface area contributed by atoms with Crippen molar-refractivity contribution in [2.24, 2.45) is 5.92 Å². The molecule has 0 saturated carbocycles. The summed E-state index contributed by atoms with van der Waals surface area (Å²) < 4.78 is 43.5. The van der Waals surface area contributed by atoms with Gasteiger partial charge in [0.15, 0.2) is 5.65 Å². The highest BCUT2D eigenvalue weighted by molar-refractivity contribution is 5.94. The van der Waals surface area contributed by atoms with Crippen LogP contribution in [0.5, 0.6) is 0 Å². The smallest absolute Gasteiger partial charge is 0.326 e. The maximum atomic E-state index is 13.9. The second kappa shape index (κ2) is 11.0. The van der Waals surface area contributed by atoms with Crippen molar-refractivity contribution in [2.75, 3.05) is 38.5 Å². The van der Waals surface area contributed by atoms with Gasteiger partial charge in [-0.05, 0) is 61.7 Å². The molecule has 1 aliphatic carbocycles. The van der Waals surface area contributed by atoms with Crippen molar-refractivity contribution in [1.29, 1.82) is 0 Å². The Balaban J connectivity index is 1.28. The number of rotatable bonds is 4. The Kier molecular flexibility index (Phi) is 7.55. The summed E-state index contributed by atoms with van der Waals surface area (Å²) >= 11 is 0. The average Bonchev–Trinajstić information content (AvgIpc) is 3.33. The fourth-order valence-electron chi connectivity index (χ4n) is 4.73. The van der Waals surface area contributed by atoms with E-state index in [-0.39, 0.29) is 23.7 Å². The van der Waals surface area contributed by atoms with Crippen LogP contribution in [-0.2, 0) is 17.5 Å². The Morgan fingerprint density at radius 1 is 1.15 bits per heavy atom. The SMILES string of the molecule is CC1=C(C#Cc2cnc3cccnn23)CC(C(=O)Nc2ccc(CN3CCN(C)CC3)c(C(F)(F)F)c2)C=C1. The van der Waals surface area contributed by atoms with Gasteiger partial charge in [0.05, 0.1) is 17.7 Å². The van der Waals surface area contributed by atoms with Gasteiger partial charge in [-0.1, -0.05) is 24.1 Å². The Labute approximate surface area is 225 Å². The van der Waals surface area contributed by atoms with Crippen LogP contribution in [-0.4, -0.2) is 63.5 Å². The lowest BCUT2D eigenvalue weighted by molar-refractivity contribution is -0.138.